The number of carbonyl (C=O) groups is 1. The van der Waals surface area contributed by atoms with Crippen LogP contribution in [0.4, 0.5) is 0 Å². The quantitative estimate of drug-likeness (QED) is 0.484. The van der Waals surface area contributed by atoms with Gasteiger partial charge in [0.15, 0.2) is 0 Å². The molecule has 2 heterocycles. The number of aromatic nitrogens is 1. The van der Waals surface area contributed by atoms with E-state index in [1.165, 1.54) is 5.69 Å². The summed E-state index contributed by atoms with van der Waals surface area (Å²) in [6.45, 7) is 2.77. The summed E-state index contributed by atoms with van der Waals surface area (Å²) in [5.74, 6) is 0.583. The third kappa shape index (κ3) is 3.75. The van der Waals surface area contributed by atoms with Gasteiger partial charge in [0.1, 0.15) is 12.4 Å². The number of carbonyl (C=O) groups excluding carboxylic acids is 1. The smallest absolute Gasteiger partial charge is 0.331 e. The lowest BCUT2D eigenvalue weighted by Crippen LogP contribution is -2.06. The van der Waals surface area contributed by atoms with E-state index in [-0.39, 0.29) is 5.97 Å². The van der Waals surface area contributed by atoms with Crippen molar-refractivity contribution in [1.82, 2.24) is 4.40 Å². The molecule has 1 aliphatic carbocycles. The van der Waals surface area contributed by atoms with E-state index in [0.717, 1.165) is 47.2 Å². The van der Waals surface area contributed by atoms with Crippen LogP contribution in [0.3, 0.4) is 0 Å². The maximum atomic E-state index is 11.9. The van der Waals surface area contributed by atoms with Gasteiger partial charge in [0, 0.05) is 29.5 Å². The second-order valence-electron chi connectivity index (χ2n) is 6.71. The zero-order valence-corrected chi connectivity index (χ0v) is 15.5. The van der Waals surface area contributed by atoms with E-state index in [9.17, 15) is 4.79 Å². The molecule has 1 aliphatic rings. The summed E-state index contributed by atoms with van der Waals surface area (Å²) >= 11 is 0. The Bertz CT molecular complexity index is 986. The molecule has 0 atom stereocenters. The lowest BCUT2D eigenvalue weighted by Gasteiger charge is -2.16. The Labute approximate surface area is 159 Å². The maximum Gasteiger partial charge on any atom is 0.331 e. The Morgan fingerprint density at radius 2 is 2.00 bits per heavy atom. The van der Waals surface area contributed by atoms with Crippen molar-refractivity contribution in [2.24, 2.45) is 0 Å². The number of aryl methyl sites for hydroxylation is 1. The molecule has 0 bridgehead atoms. The Kier molecular flexibility index (Phi) is 4.97. The number of hydrogen-bond acceptors (Lipinski definition) is 3. The van der Waals surface area contributed by atoms with Gasteiger partial charge in [0.05, 0.1) is 6.61 Å². The molecule has 27 heavy (non-hydrogen) atoms. The van der Waals surface area contributed by atoms with Crippen LogP contribution in [-0.2, 0) is 22.6 Å². The topological polar surface area (TPSA) is 39.9 Å². The van der Waals surface area contributed by atoms with Crippen LogP contribution in [0.15, 0.2) is 60.8 Å². The molecule has 138 valence electrons. The van der Waals surface area contributed by atoms with Crippen molar-refractivity contribution >= 4 is 17.1 Å². The van der Waals surface area contributed by atoms with Crippen LogP contribution in [0.1, 0.15) is 36.6 Å². The van der Waals surface area contributed by atoms with E-state index < -0.39 is 0 Å². The Morgan fingerprint density at radius 1 is 1.15 bits per heavy atom. The molecule has 0 amide bonds. The van der Waals surface area contributed by atoms with Crippen molar-refractivity contribution < 1.29 is 14.3 Å². The van der Waals surface area contributed by atoms with Crippen molar-refractivity contribution in [2.75, 3.05) is 6.61 Å². The Balaban J connectivity index is 1.61. The lowest BCUT2D eigenvalue weighted by molar-refractivity contribution is -0.137. The summed E-state index contributed by atoms with van der Waals surface area (Å²) in [7, 11) is 0. The highest BCUT2D eigenvalue weighted by molar-refractivity contribution is 5.92. The van der Waals surface area contributed by atoms with Crippen LogP contribution >= 0.6 is 0 Å². The van der Waals surface area contributed by atoms with Gasteiger partial charge >= 0.3 is 5.97 Å². The van der Waals surface area contributed by atoms with E-state index in [4.69, 9.17) is 9.47 Å². The van der Waals surface area contributed by atoms with Crippen LogP contribution in [0.2, 0.25) is 0 Å². The molecule has 0 N–H and O–H groups in total. The second-order valence-corrected chi connectivity index (χ2v) is 6.71. The molecule has 4 nitrogen and oxygen atoms in total. The fraction of sp³-hybridized carbons (Fsp3) is 0.261. The average molecular weight is 361 g/mol. The van der Waals surface area contributed by atoms with Gasteiger partial charge in [-0.2, -0.15) is 0 Å². The second kappa shape index (κ2) is 7.70. The number of nitrogens with zero attached hydrogens (tertiary/aromatic N) is 1. The van der Waals surface area contributed by atoms with Gasteiger partial charge < -0.3 is 13.9 Å². The number of benzene rings is 1. The van der Waals surface area contributed by atoms with Gasteiger partial charge in [0.25, 0.3) is 0 Å². The molecule has 0 spiro atoms. The third-order valence-electron chi connectivity index (χ3n) is 4.88. The molecule has 1 aromatic carbocycles. The van der Waals surface area contributed by atoms with Gasteiger partial charge in [-0.25, -0.2) is 4.79 Å². The summed E-state index contributed by atoms with van der Waals surface area (Å²) in [6, 6.07) is 16.3. The number of pyridine rings is 1. The van der Waals surface area contributed by atoms with Gasteiger partial charge in [-0.3, -0.25) is 0 Å². The first kappa shape index (κ1) is 17.4. The normalized spacial score (nSPS) is 14.9. The largest absolute Gasteiger partial charge is 0.489 e. The molecule has 4 rings (SSSR count). The summed E-state index contributed by atoms with van der Waals surface area (Å²) in [5, 5.41) is 0. The lowest BCUT2D eigenvalue weighted by atomic mass is 9.92. The van der Waals surface area contributed by atoms with E-state index in [0.29, 0.717) is 13.2 Å². The van der Waals surface area contributed by atoms with Crippen LogP contribution < -0.4 is 4.74 Å². The minimum absolute atomic E-state index is 0.262. The van der Waals surface area contributed by atoms with Crippen LogP contribution in [0, 0.1) is 0 Å². The van der Waals surface area contributed by atoms with Crippen LogP contribution in [0.25, 0.3) is 11.1 Å². The number of esters is 1. The standard InChI is InChI=1S/C23H23NO3/c1-2-26-23(25)13-18-9-6-10-22-21(18)15-19-14-20(11-12-24(19)22)27-16-17-7-4-3-5-8-17/h3-5,7-8,11-15H,2,6,9-10,16H2,1H3. The number of allylic oxidation sites excluding steroid dienone is 1. The van der Waals surface area contributed by atoms with Crippen molar-refractivity contribution in [3.8, 4) is 5.75 Å². The Morgan fingerprint density at radius 3 is 2.81 bits per heavy atom. The van der Waals surface area contributed by atoms with Crippen molar-refractivity contribution in [1.29, 1.82) is 0 Å². The molecular formula is C23H23NO3. The zero-order valence-electron chi connectivity index (χ0n) is 15.5. The van der Waals surface area contributed by atoms with E-state index >= 15 is 0 Å². The molecular weight excluding hydrogens is 338 g/mol. The molecule has 4 heteroatoms. The van der Waals surface area contributed by atoms with Crippen molar-refractivity contribution in [2.45, 2.75) is 32.8 Å². The first-order valence-corrected chi connectivity index (χ1v) is 9.43. The van der Waals surface area contributed by atoms with Crippen LogP contribution in [-0.4, -0.2) is 17.0 Å². The molecule has 0 unspecified atom stereocenters. The molecule has 0 aliphatic heterocycles. The van der Waals surface area contributed by atoms with E-state index in [1.807, 2.05) is 31.2 Å². The highest BCUT2D eigenvalue weighted by Crippen LogP contribution is 2.34. The van der Waals surface area contributed by atoms with Crippen LogP contribution in [0.5, 0.6) is 5.75 Å². The maximum absolute atomic E-state index is 11.9. The van der Waals surface area contributed by atoms with Gasteiger partial charge in [-0.1, -0.05) is 30.3 Å². The van der Waals surface area contributed by atoms with E-state index in [2.05, 4.69) is 34.9 Å². The fourth-order valence-corrected chi connectivity index (χ4v) is 3.64. The zero-order chi connectivity index (χ0) is 18.6. The summed E-state index contributed by atoms with van der Waals surface area (Å²) < 4.78 is 13.2. The first-order chi connectivity index (χ1) is 13.2. The highest BCUT2D eigenvalue weighted by atomic mass is 16.5. The summed E-state index contributed by atoms with van der Waals surface area (Å²) in [4.78, 5) is 11.9. The minimum atomic E-state index is -0.262. The predicted octanol–water partition coefficient (Wildman–Crippen LogP) is 4.80. The highest BCUT2D eigenvalue weighted by Gasteiger charge is 2.20. The molecule has 2 aromatic heterocycles. The molecule has 0 saturated heterocycles. The summed E-state index contributed by atoms with van der Waals surface area (Å²) in [6.07, 6.45) is 6.65. The SMILES string of the molecule is CCOC(=O)C=C1CCCc2c1cc1cc(OCc3ccccc3)ccn21. The van der Waals surface area contributed by atoms with Gasteiger partial charge in [-0.15, -0.1) is 0 Å². The van der Waals surface area contributed by atoms with Gasteiger partial charge in [0.2, 0.25) is 0 Å². The minimum Gasteiger partial charge on any atom is -0.489 e. The number of hydrogen-bond donors (Lipinski definition) is 0. The summed E-state index contributed by atoms with van der Waals surface area (Å²) in [5.41, 5.74) is 5.69. The predicted molar refractivity (Wildman–Crippen MR) is 106 cm³/mol. The van der Waals surface area contributed by atoms with Crippen molar-refractivity contribution in [3.05, 3.63) is 77.6 Å². The average Bonchev–Trinajstić information content (AvgIpc) is 3.06. The molecule has 0 fully saturated rings. The van der Waals surface area contributed by atoms with Gasteiger partial charge in [-0.05, 0) is 55.0 Å². The number of fused-ring (bicyclic) bond motifs is 3. The first-order valence-electron chi connectivity index (χ1n) is 9.43. The van der Waals surface area contributed by atoms with Crippen molar-refractivity contribution in [3.63, 3.8) is 0 Å². The molecule has 0 radical (unpaired) electrons. The number of rotatable bonds is 5. The molecule has 3 aromatic rings. The van der Waals surface area contributed by atoms with E-state index in [1.54, 1.807) is 6.08 Å². The Hall–Kier alpha value is -3.01. The molecule has 0 saturated carbocycles. The third-order valence-corrected chi connectivity index (χ3v) is 4.88. The fourth-order valence-electron chi connectivity index (χ4n) is 3.64. The monoisotopic (exact) mass is 361 g/mol. The number of ether oxygens (including phenoxy) is 2.